The molecule has 0 heterocycles. The molecule has 0 spiro atoms. The highest BCUT2D eigenvalue weighted by molar-refractivity contribution is 9.10. The number of halogens is 1. The van der Waals surface area contributed by atoms with Gasteiger partial charge < -0.3 is 10.2 Å². The third-order valence-electron chi connectivity index (χ3n) is 1.26. The molecule has 1 aromatic carbocycles. The fourth-order valence-electron chi connectivity index (χ4n) is 0.496. The van der Waals surface area contributed by atoms with Crippen molar-refractivity contribution in [3.8, 4) is 11.5 Å². The van der Waals surface area contributed by atoms with Crippen molar-refractivity contribution in [3.05, 3.63) is 34.8 Å². The molecule has 1 rings (SSSR count). The molecule has 0 saturated carbocycles. The Morgan fingerprint density at radius 1 is 1.15 bits per heavy atom. The van der Waals surface area contributed by atoms with Gasteiger partial charge in [0.25, 0.3) is 0 Å². The normalized spacial score (nSPS) is 9.46. The van der Waals surface area contributed by atoms with Crippen LogP contribution in [0.2, 0.25) is 0 Å². The zero-order valence-corrected chi connectivity index (χ0v) is 9.25. The number of hydrogen-bond donors (Lipinski definition) is 2. The van der Waals surface area contributed by atoms with Crippen LogP contribution in [0.4, 0.5) is 0 Å². The van der Waals surface area contributed by atoms with E-state index in [0.717, 1.165) is 0 Å². The summed E-state index contributed by atoms with van der Waals surface area (Å²) in [4.78, 5) is 0. The minimum Gasteiger partial charge on any atom is -0.508 e. The van der Waals surface area contributed by atoms with Crippen molar-refractivity contribution in [2.45, 2.75) is 13.8 Å². The fourth-order valence-corrected chi connectivity index (χ4v) is 0.863. The topological polar surface area (TPSA) is 40.5 Å². The first kappa shape index (κ1) is 12.0. The number of phenols is 2. The number of rotatable bonds is 0. The van der Waals surface area contributed by atoms with Gasteiger partial charge in [-0.05, 0) is 48.0 Å². The first-order valence-electron chi connectivity index (χ1n) is 3.86. The molecule has 0 unspecified atom stereocenters. The van der Waals surface area contributed by atoms with E-state index in [0.29, 0.717) is 4.47 Å². The lowest BCUT2D eigenvalue weighted by Gasteiger charge is -1.94. The van der Waals surface area contributed by atoms with Gasteiger partial charge in [0.15, 0.2) is 0 Å². The van der Waals surface area contributed by atoms with Gasteiger partial charge in [0.2, 0.25) is 0 Å². The molecule has 0 aliphatic carbocycles. The second-order valence-corrected chi connectivity index (χ2v) is 3.16. The van der Waals surface area contributed by atoms with Gasteiger partial charge in [0.1, 0.15) is 11.5 Å². The highest BCUT2D eigenvalue weighted by Crippen LogP contribution is 2.26. The fraction of sp³-hybridized carbons (Fsp3) is 0.200. The first-order chi connectivity index (χ1) is 6.11. The number of hydrogen-bond acceptors (Lipinski definition) is 2. The molecule has 0 aliphatic heterocycles. The summed E-state index contributed by atoms with van der Waals surface area (Å²) in [6.07, 6.45) is 4.00. The zero-order valence-electron chi connectivity index (χ0n) is 7.66. The molecule has 0 saturated heterocycles. The first-order valence-corrected chi connectivity index (χ1v) is 4.66. The Hall–Kier alpha value is -0.960. The predicted octanol–water partition coefficient (Wildman–Crippen LogP) is 3.44. The Morgan fingerprint density at radius 2 is 1.69 bits per heavy atom. The van der Waals surface area contributed by atoms with Crippen molar-refractivity contribution in [1.29, 1.82) is 0 Å². The summed E-state index contributed by atoms with van der Waals surface area (Å²) in [7, 11) is 0. The molecular formula is C10H13BrO2. The van der Waals surface area contributed by atoms with Crippen LogP contribution >= 0.6 is 15.9 Å². The zero-order chi connectivity index (χ0) is 10.3. The van der Waals surface area contributed by atoms with E-state index in [1.54, 1.807) is 0 Å². The molecule has 13 heavy (non-hydrogen) atoms. The van der Waals surface area contributed by atoms with Crippen LogP contribution in [0, 0.1) is 0 Å². The molecule has 2 nitrogen and oxygen atoms in total. The van der Waals surface area contributed by atoms with Gasteiger partial charge in [-0.15, -0.1) is 0 Å². The van der Waals surface area contributed by atoms with Gasteiger partial charge in [-0.25, -0.2) is 0 Å². The maximum absolute atomic E-state index is 8.89. The van der Waals surface area contributed by atoms with Crippen LogP contribution in [0.25, 0.3) is 0 Å². The third-order valence-corrected chi connectivity index (χ3v) is 1.90. The predicted molar refractivity (Wildman–Crippen MR) is 58.0 cm³/mol. The molecule has 3 heteroatoms. The molecule has 0 bridgehead atoms. The Kier molecular flexibility index (Phi) is 6.06. The molecule has 0 aromatic heterocycles. The van der Waals surface area contributed by atoms with Crippen LogP contribution in [0.15, 0.2) is 34.8 Å². The van der Waals surface area contributed by atoms with Crippen molar-refractivity contribution < 1.29 is 10.2 Å². The second-order valence-electron chi connectivity index (χ2n) is 2.30. The van der Waals surface area contributed by atoms with E-state index in [9.17, 15) is 0 Å². The number of aromatic hydroxyl groups is 2. The van der Waals surface area contributed by atoms with Crippen LogP contribution in [-0.4, -0.2) is 10.2 Å². The summed E-state index contributed by atoms with van der Waals surface area (Å²) in [5, 5.41) is 17.7. The summed E-state index contributed by atoms with van der Waals surface area (Å²) < 4.78 is 0.502. The van der Waals surface area contributed by atoms with Crippen molar-refractivity contribution in [3.63, 3.8) is 0 Å². The molecular weight excluding hydrogens is 232 g/mol. The minimum absolute atomic E-state index is 0.132. The monoisotopic (exact) mass is 244 g/mol. The highest BCUT2D eigenvalue weighted by atomic mass is 79.9. The van der Waals surface area contributed by atoms with E-state index in [1.165, 1.54) is 18.2 Å². The van der Waals surface area contributed by atoms with Gasteiger partial charge in [0.05, 0.1) is 4.47 Å². The Bertz CT molecular complexity index is 278. The highest BCUT2D eigenvalue weighted by Gasteiger charge is 1.95. The van der Waals surface area contributed by atoms with Gasteiger partial charge in [-0.3, -0.25) is 0 Å². The van der Waals surface area contributed by atoms with Gasteiger partial charge in [-0.1, -0.05) is 12.2 Å². The molecule has 72 valence electrons. The molecule has 1 aromatic rings. The molecule has 0 amide bonds. The van der Waals surface area contributed by atoms with Gasteiger partial charge in [0, 0.05) is 0 Å². The van der Waals surface area contributed by atoms with Gasteiger partial charge in [-0.2, -0.15) is 0 Å². The summed E-state index contributed by atoms with van der Waals surface area (Å²) in [6, 6.07) is 4.26. The lowest BCUT2D eigenvalue weighted by atomic mass is 10.3. The summed E-state index contributed by atoms with van der Waals surface area (Å²) in [5.41, 5.74) is 0. The molecule has 0 fully saturated rings. The molecule has 0 atom stereocenters. The number of phenolic OH excluding ortho intramolecular Hbond substituents is 2. The van der Waals surface area contributed by atoms with Crippen LogP contribution in [0.5, 0.6) is 11.5 Å². The lowest BCUT2D eigenvalue weighted by Crippen LogP contribution is -1.66. The van der Waals surface area contributed by atoms with Crippen LogP contribution in [0.3, 0.4) is 0 Å². The van der Waals surface area contributed by atoms with E-state index < -0.39 is 0 Å². The summed E-state index contributed by atoms with van der Waals surface area (Å²) >= 11 is 3.04. The average molecular weight is 245 g/mol. The van der Waals surface area contributed by atoms with Crippen molar-refractivity contribution in [1.82, 2.24) is 0 Å². The summed E-state index contributed by atoms with van der Waals surface area (Å²) in [6.45, 7) is 4.00. The SMILES string of the molecule is CC=CC.Oc1ccc(O)c(Br)c1. The van der Waals surface area contributed by atoms with E-state index in [4.69, 9.17) is 10.2 Å². The van der Waals surface area contributed by atoms with Crippen molar-refractivity contribution in [2.75, 3.05) is 0 Å². The maximum atomic E-state index is 8.89. The minimum atomic E-state index is 0.132. The Labute approximate surface area is 86.7 Å². The molecule has 2 N–H and O–H groups in total. The number of benzene rings is 1. The molecule has 0 radical (unpaired) electrons. The molecule has 0 aliphatic rings. The van der Waals surface area contributed by atoms with Gasteiger partial charge >= 0.3 is 0 Å². The van der Waals surface area contributed by atoms with Crippen molar-refractivity contribution >= 4 is 15.9 Å². The van der Waals surface area contributed by atoms with E-state index in [1.807, 2.05) is 26.0 Å². The third kappa shape index (κ3) is 5.31. The second kappa shape index (κ2) is 6.54. The van der Waals surface area contributed by atoms with E-state index in [2.05, 4.69) is 15.9 Å². The van der Waals surface area contributed by atoms with Crippen LogP contribution < -0.4 is 0 Å². The van der Waals surface area contributed by atoms with Crippen LogP contribution in [-0.2, 0) is 0 Å². The standard InChI is InChI=1S/C6H5BrO2.C4H8/c7-5-3-4(8)1-2-6(5)9;1-3-4-2/h1-3,8-9H;3-4H,1-2H3. The largest absolute Gasteiger partial charge is 0.508 e. The Balaban J connectivity index is 0.000000310. The maximum Gasteiger partial charge on any atom is 0.130 e. The van der Waals surface area contributed by atoms with Crippen LogP contribution in [0.1, 0.15) is 13.8 Å². The van der Waals surface area contributed by atoms with E-state index in [-0.39, 0.29) is 11.5 Å². The summed E-state index contributed by atoms with van der Waals surface area (Å²) in [5.74, 6) is 0.271. The quantitative estimate of drug-likeness (QED) is 0.543. The number of allylic oxidation sites excluding steroid dienone is 2. The lowest BCUT2D eigenvalue weighted by molar-refractivity contribution is 0.457. The van der Waals surface area contributed by atoms with Crippen molar-refractivity contribution in [2.24, 2.45) is 0 Å². The smallest absolute Gasteiger partial charge is 0.130 e. The van der Waals surface area contributed by atoms with E-state index >= 15 is 0 Å². The average Bonchev–Trinajstić information content (AvgIpc) is 2.12. The Morgan fingerprint density at radius 3 is 2.00 bits per heavy atom.